The molecule has 0 bridgehead atoms. The fourth-order valence-corrected chi connectivity index (χ4v) is 2.56. The van der Waals surface area contributed by atoms with Gasteiger partial charge in [0.1, 0.15) is 12.2 Å². The first-order chi connectivity index (χ1) is 11.3. The van der Waals surface area contributed by atoms with Crippen LogP contribution in [-0.2, 0) is 14.2 Å². The molecule has 0 radical (unpaired) electrons. The smallest absolute Gasteiger partial charge is 0.115 e. The van der Waals surface area contributed by atoms with E-state index in [9.17, 15) is 0 Å². The standard InChI is InChI=1S/C19H37NO3/c1-4-7-13-21-17-11-10-12-20-16-18(22-14-8-5-2)19(17)23-15-9-6-3/h10-11,17-20H,4-9,12-16H2,1-3H3/b11-10-/t17-,18+,19+/m1/s1. The largest absolute Gasteiger partial charge is 0.374 e. The summed E-state index contributed by atoms with van der Waals surface area (Å²) in [5.41, 5.74) is 0. The van der Waals surface area contributed by atoms with Gasteiger partial charge >= 0.3 is 0 Å². The first kappa shape index (κ1) is 20.6. The molecule has 3 atom stereocenters. The van der Waals surface area contributed by atoms with E-state index in [1.54, 1.807) is 0 Å². The first-order valence-electron chi connectivity index (χ1n) is 9.55. The van der Waals surface area contributed by atoms with E-state index in [0.717, 1.165) is 71.4 Å². The minimum atomic E-state index is -0.0284. The van der Waals surface area contributed by atoms with Crippen LogP contribution in [0.4, 0.5) is 0 Å². The molecule has 4 heteroatoms. The Balaban J connectivity index is 2.69. The van der Waals surface area contributed by atoms with E-state index in [1.807, 2.05) is 0 Å². The normalized spacial score (nSPS) is 26.7. The van der Waals surface area contributed by atoms with Gasteiger partial charge in [-0.2, -0.15) is 0 Å². The van der Waals surface area contributed by atoms with Gasteiger partial charge in [-0.25, -0.2) is 0 Å². The molecule has 0 fully saturated rings. The average molecular weight is 328 g/mol. The van der Waals surface area contributed by atoms with Crippen molar-refractivity contribution in [3.63, 3.8) is 0 Å². The zero-order valence-corrected chi connectivity index (χ0v) is 15.4. The molecule has 0 saturated heterocycles. The minimum absolute atomic E-state index is 0.00728. The summed E-state index contributed by atoms with van der Waals surface area (Å²) < 4.78 is 18.5. The van der Waals surface area contributed by atoms with Crippen LogP contribution in [0.5, 0.6) is 0 Å². The SMILES string of the molecule is CCCCO[C@@H]1[C@@H](OCCCC)CNC/C=C\[C@H]1OCCCC. The Morgan fingerprint density at radius 1 is 0.870 bits per heavy atom. The lowest BCUT2D eigenvalue weighted by atomic mass is 10.0. The van der Waals surface area contributed by atoms with E-state index in [-0.39, 0.29) is 18.3 Å². The summed E-state index contributed by atoms with van der Waals surface area (Å²) in [7, 11) is 0. The molecule has 0 spiro atoms. The molecule has 0 saturated carbocycles. The van der Waals surface area contributed by atoms with Crippen LogP contribution in [0.2, 0.25) is 0 Å². The third-order valence-electron chi connectivity index (χ3n) is 4.07. The average Bonchev–Trinajstić information content (AvgIpc) is 2.54. The summed E-state index contributed by atoms with van der Waals surface area (Å²) in [4.78, 5) is 0. The molecule has 1 aliphatic heterocycles. The summed E-state index contributed by atoms with van der Waals surface area (Å²) >= 11 is 0. The van der Waals surface area contributed by atoms with Crippen molar-refractivity contribution in [2.24, 2.45) is 0 Å². The van der Waals surface area contributed by atoms with E-state index in [2.05, 4.69) is 38.2 Å². The van der Waals surface area contributed by atoms with Crippen LogP contribution in [0.3, 0.4) is 0 Å². The highest BCUT2D eigenvalue weighted by Crippen LogP contribution is 2.17. The second-order valence-electron chi connectivity index (χ2n) is 6.23. The molecule has 0 aliphatic carbocycles. The highest BCUT2D eigenvalue weighted by atomic mass is 16.6. The molecule has 1 heterocycles. The molecule has 0 amide bonds. The second kappa shape index (κ2) is 14.0. The molecule has 1 rings (SSSR count). The Hall–Kier alpha value is -0.420. The highest BCUT2D eigenvalue weighted by molar-refractivity contribution is 5.00. The number of unbranched alkanes of at least 4 members (excludes halogenated alkanes) is 3. The Labute approximate surface area is 143 Å². The number of hydrogen-bond donors (Lipinski definition) is 1. The van der Waals surface area contributed by atoms with Crippen molar-refractivity contribution in [2.75, 3.05) is 32.9 Å². The molecule has 0 aromatic rings. The predicted molar refractivity (Wildman–Crippen MR) is 96.0 cm³/mol. The summed E-state index contributed by atoms with van der Waals surface area (Å²) in [5.74, 6) is 0. The molecule has 23 heavy (non-hydrogen) atoms. The summed E-state index contributed by atoms with van der Waals surface area (Å²) in [6, 6.07) is 0. The molecule has 0 aromatic carbocycles. The predicted octanol–water partition coefficient (Wildman–Crippen LogP) is 3.70. The number of nitrogens with one attached hydrogen (secondary N) is 1. The van der Waals surface area contributed by atoms with Crippen LogP contribution in [0, 0.1) is 0 Å². The molecule has 4 nitrogen and oxygen atoms in total. The second-order valence-corrected chi connectivity index (χ2v) is 6.23. The van der Waals surface area contributed by atoms with Gasteiger partial charge in [-0.05, 0) is 19.3 Å². The molecular formula is C19H37NO3. The van der Waals surface area contributed by atoms with Gasteiger partial charge < -0.3 is 19.5 Å². The maximum Gasteiger partial charge on any atom is 0.115 e. The maximum atomic E-state index is 6.20. The topological polar surface area (TPSA) is 39.7 Å². The lowest BCUT2D eigenvalue weighted by Crippen LogP contribution is -2.48. The van der Waals surface area contributed by atoms with Crippen molar-refractivity contribution >= 4 is 0 Å². The third kappa shape index (κ3) is 8.85. The van der Waals surface area contributed by atoms with Crippen LogP contribution in [0.15, 0.2) is 12.2 Å². The molecule has 1 N–H and O–H groups in total. The number of rotatable bonds is 12. The highest BCUT2D eigenvalue weighted by Gasteiger charge is 2.31. The van der Waals surface area contributed by atoms with Crippen LogP contribution >= 0.6 is 0 Å². The van der Waals surface area contributed by atoms with E-state index < -0.39 is 0 Å². The van der Waals surface area contributed by atoms with Crippen molar-refractivity contribution in [1.82, 2.24) is 5.32 Å². The molecule has 0 unspecified atom stereocenters. The van der Waals surface area contributed by atoms with Gasteiger partial charge in [0.15, 0.2) is 0 Å². The van der Waals surface area contributed by atoms with Crippen LogP contribution in [-0.4, -0.2) is 51.2 Å². The van der Waals surface area contributed by atoms with Crippen LogP contribution < -0.4 is 5.32 Å². The number of ether oxygens (including phenoxy) is 3. The van der Waals surface area contributed by atoms with Gasteiger partial charge in [0.25, 0.3) is 0 Å². The van der Waals surface area contributed by atoms with Crippen molar-refractivity contribution < 1.29 is 14.2 Å². The maximum absolute atomic E-state index is 6.20. The van der Waals surface area contributed by atoms with E-state index in [4.69, 9.17) is 14.2 Å². The molecule has 136 valence electrons. The van der Waals surface area contributed by atoms with E-state index >= 15 is 0 Å². The Bertz CT molecular complexity index is 296. The zero-order valence-electron chi connectivity index (χ0n) is 15.4. The zero-order chi connectivity index (χ0) is 16.8. The van der Waals surface area contributed by atoms with Crippen LogP contribution in [0.1, 0.15) is 59.3 Å². The Morgan fingerprint density at radius 3 is 2.13 bits per heavy atom. The summed E-state index contributed by atoms with van der Waals surface area (Å²) in [5, 5.41) is 3.43. The van der Waals surface area contributed by atoms with Crippen molar-refractivity contribution in [3.8, 4) is 0 Å². The van der Waals surface area contributed by atoms with Crippen molar-refractivity contribution in [1.29, 1.82) is 0 Å². The van der Waals surface area contributed by atoms with Gasteiger partial charge in [0.05, 0.1) is 6.10 Å². The minimum Gasteiger partial charge on any atom is -0.374 e. The number of hydrogen-bond acceptors (Lipinski definition) is 4. The molecular weight excluding hydrogens is 290 g/mol. The van der Waals surface area contributed by atoms with Gasteiger partial charge in [-0.15, -0.1) is 0 Å². The first-order valence-corrected chi connectivity index (χ1v) is 9.55. The van der Waals surface area contributed by atoms with Gasteiger partial charge in [-0.1, -0.05) is 52.2 Å². The quantitative estimate of drug-likeness (QED) is 0.438. The van der Waals surface area contributed by atoms with E-state index in [0.29, 0.717) is 0 Å². The van der Waals surface area contributed by atoms with Crippen molar-refractivity contribution in [3.05, 3.63) is 12.2 Å². The van der Waals surface area contributed by atoms with Gasteiger partial charge in [0.2, 0.25) is 0 Å². The monoisotopic (exact) mass is 327 g/mol. The molecule has 0 aromatic heterocycles. The lowest BCUT2D eigenvalue weighted by molar-refractivity contribution is -0.126. The van der Waals surface area contributed by atoms with E-state index in [1.165, 1.54) is 0 Å². The fourth-order valence-electron chi connectivity index (χ4n) is 2.56. The van der Waals surface area contributed by atoms with Crippen LogP contribution in [0.25, 0.3) is 0 Å². The molecule has 1 aliphatic rings. The summed E-state index contributed by atoms with van der Waals surface area (Å²) in [6.45, 7) is 10.6. The van der Waals surface area contributed by atoms with Gasteiger partial charge in [-0.3, -0.25) is 0 Å². The van der Waals surface area contributed by atoms with Crippen molar-refractivity contribution in [2.45, 2.75) is 77.6 Å². The Kier molecular flexibility index (Phi) is 12.5. The Morgan fingerprint density at radius 2 is 1.48 bits per heavy atom. The fraction of sp³-hybridized carbons (Fsp3) is 0.895. The van der Waals surface area contributed by atoms with Gasteiger partial charge in [0, 0.05) is 32.9 Å². The third-order valence-corrected chi connectivity index (χ3v) is 4.07. The lowest BCUT2D eigenvalue weighted by Gasteiger charge is -2.33. The summed E-state index contributed by atoms with van der Waals surface area (Å²) in [6.07, 6.45) is 11.0.